The van der Waals surface area contributed by atoms with Gasteiger partial charge in [0.25, 0.3) is 0 Å². The molecule has 0 bridgehead atoms. The fourth-order valence-electron chi connectivity index (χ4n) is 2.79. The van der Waals surface area contributed by atoms with E-state index in [2.05, 4.69) is 4.99 Å². The van der Waals surface area contributed by atoms with Crippen molar-refractivity contribution >= 4 is 38.4 Å². The van der Waals surface area contributed by atoms with Crippen molar-refractivity contribution in [2.75, 3.05) is 23.5 Å². The molecule has 124 valence electrons. The molecule has 23 heavy (non-hydrogen) atoms. The van der Waals surface area contributed by atoms with Crippen LogP contribution in [0.15, 0.2) is 29.3 Å². The summed E-state index contributed by atoms with van der Waals surface area (Å²) in [5, 5.41) is 0.512. The molecule has 0 aromatic heterocycles. The number of nitrogens with zero attached hydrogens (tertiary/aromatic N) is 2. The van der Waals surface area contributed by atoms with E-state index in [1.54, 1.807) is 14.0 Å². The summed E-state index contributed by atoms with van der Waals surface area (Å²) in [6.45, 7) is 1.76. The van der Waals surface area contributed by atoms with Crippen LogP contribution < -0.4 is 9.64 Å². The number of hydrogen-bond donors (Lipinski definition) is 0. The van der Waals surface area contributed by atoms with Gasteiger partial charge in [0.2, 0.25) is 5.91 Å². The first-order chi connectivity index (χ1) is 10.9. The zero-order valence-electron chi connectivity index (χ0n) is 12.9. The Bertz CT molecular complexity index is 743. The van der Waals surface area contributed by atoms with Gasteiger partial charge in [0.1, 0.15) is 5.75 Å². The Morgan fingerprint density at radius 3 is 2.65 bits per heavy atom. The molecular formula is C15H18N2O4S2. The molecule has 2 saturated heterocycles. The van der Waals surface area contributed by atoms with Crippen LogP contribution in [-0.2, 0) is 14.6 Å². The maximum Gasteiger partial charge on any atom is 0.247 e. The Morgan fingerprint density at radius 2 is 2.04 bits per heavy atom. The molecule has 2 heterocycles. The number of amidine groups is 1. The second-order valence-corrected chi connectivity index (χ2v) is 8.87. The van der Waals surface area contributed by atoms with Gasteiger partial charge in [0.15, 0.2) is 15.0 Å². The van der Waals surface area contributed by atoms with Crippen LogP contribution in [0.5, 0.6) is 5.75 Å². The van der Waals surface area contributed by atoms with Gasteiger partial charge in [-0.3, -0.25) is 4.79 Å². The average Bonchev–Trinajstić information content (AvgIpc) is 2.98. The number of methoxy groups -OCH3 is 1. The lowest BCUT2D eigenvalue weighted by Crippen LogP contribution is -2.37. The number of ether oxygens (including phenoxy) is 1. The van der Waals surface area contributed by atoms with E-state index in [1.807, 2.05) is 29.2 Å². The number of anilines is 1. The van der Waals surface area contributed by atoms with E-state index >= 15 is 0 Å². The summed E-state index contributed by atoms with van der Waals surface area (Å²) in [5.74, 6) is 0.748. The zero-order chi connectivity index (χ0) is 16.6. The monoisotopic (exact) mass is 354 g/mol. The topological polar surface area (TPSA) is 76.0 Å². The Balaban J connectivity index is 1.99. The number of fused-ring (bicyclic) bond motifs is 1. The number of amides is 1. The summed E-state index contributed by atoms with van der Waals surface area (Å²) < 4.78 is 29.0. The number of thioether (sulfide) groups is 1. The van der Waals surface area contributed by atoms with Crippen molar-refractivity contribution in [1.82, 2.24) is 0 Å². The summed E-state index contributed by atoms with van der Waals surface area (Å²) in [4.78, 5) is 17.8. The molecule has 2 unspecified atom stereocenters. The Labute approximate surface area is 139 Å². The van der Waals surface area contributed by atoms with Gasteiger partial charge in [-0.15, -0.1) is 0 Å². The van der Waals surface area contributed by atoms with Crippen LogP contribution in [-0.4, -0.2) is 49.4 Å². The normalized spacial score (nSPS) is 27.2. The minimum Gasteiger partial charge on any atom is -0.497 e. The minimum atomic E-state index is -3.04. The van der Waals surface area contributed by atoms with Gasteiger partial charge >= 0.3 is 0 Å². The number of carbonyl (C=O) groups is 1. The molecule has 0 saturated carbocycles. The van der Waals surface area contributed by atoms with Gasteiger partial charge < -0.3 is 9.64 Å². The van der Waals surface area contributed by atoms with Crippen molar-refractivity contribution in [2.24, 2.45) is 4.99 Å². The standard InChI is InChI=1S/C15H18N2O4S2/c1-3-14(18)16-15-17(10-4-6-11(21-2)7-5-10)12-8-23(19,20)9-13(12)22-15/h4-7,12-13H,3,8-9H2,1-2H3. The lowest BCUT2D eigenvalue weighted by atomic mass is 10.2. The summed E-state index contributed by atoms with van der Waals surface area (Å²) in [5.41, 5.74) is 0.825. The minimum absolute atomic E-state index is 0.0782. The Hall–Kier alpha value is -1.54. The van der Waals surface area contributed by atoms with Crippen molar-refractivity contribution in [3.63, 3.8) is 0 Å². The lowest BCUT2D eigenvalue weighted by molar-refractivity contribution is -0.117. The van der Waals surface area contributed by atoms with E-state index < -0.39 is 9.84 Å². The highest BCUT2D eigenvalue weighted by molar-refractivity contribution is 8.16. The molecular weight excluding hydrogens is 336 g/mol. The molecule has 6 nitrogen and oxygen atoms in total. The van der Waals surface area contributed by atoms with E-state index in [0.29, 0.717) is 11.6 Å². The molecule has 2 aliphatic rings. The molecule has 8 heteroatoms. The highest BCUT2D eigenvalue weighted by Crippen LogP contribution is 2.41. The van der Waals surface area contributed by atoms with Crippen LogP contribution in [0.1, 0.15) is 13.3 Å². The SMILES string of the molecule is CCC(=O)N=C1SC2CS(=O)(=O)CC2N1c1ccc(OC)cc1. The molecule has 2 atom stereocenters. The van der Waals surface area contributed by atoms with Crippen molar-refractivity contribution in [3.05, 3.63) is 24.3 Å². The largest absolute Gasteiger partial charge is 0.497 e. The predicted octanol–water partition coefficient (Wildman–Crippen LogP) is 1.71. The predicted molar refractivity (Wildman–Crippen MR) is 92.0 cm³/mol. The third-order valence-corrected chi connectivity index (χ3v) is 7.15. The van der Waals surface area contributed by atoms with Crippen molar-refractivity contribution in [2.45, 2.75) is 24.6 Å². The van der Waals surface area contributed by atoms with E-state index in [-0.39, 0.29) is 28.7 Å². The smallest absolute Gasteiger partial charge is 0.247 e. The van der Waals surface area contributed by atoms with Crippen molar-refractivity contribution < 1.29 is 17.9 Å². The van der Waals surface area contributed by atoms with Gasteiger partial charge in [-0.1, -0.05) is 18.7 Å². The highest BCUT2D eigenvalue weighted by atomic mass is 32.2. The number of sulfone groups is 1. The van der Waals surface area contributed by atoms with Gasteiger partial charge in [0, 0.05) is 17.4 Å². The maximum atomic E-state index is 11.9. The van der Waals surface area contributed by atoms with Gasteiger partial charge in [0.05, 0.1) is 24.7 Å². The third-order valence-electron chi connectivity index (χ3n) is 3.94. The van der Waals surface area contributed by atoms with Gasteiger partial charge in [-0.25, -0.2) is 8.42 Å². The maximum absolute atomic E-state index is 11.9. The fourth-order valence-corrected chi connectivity index (χ4v) is 6.73. The van der Waals surface area contributed by atoms with Crippen molar-refractivity contribution in [1.29, 1.82) is 0 Å². The van der Waals surface area contributed by atoms with Gasteiger partial charge in [-0.05, 0) is 24.3 Å². The lowest BCUT2D eigenvalue weighted by Gasteiger charge is -2.24. The Morgan fingerprint density at radius 1 is 1.35 bits per heavy atom. The average molecular weight is 354 g/mol. The van der Waals surface area contributed by atoms with E-state index in [9.17, 15) is 13.2 Å². The first kappa shape index (κ1) is 16.3. The third kappa shape index (κ3) is 3.23. The molecule has 2 fully saturated rings. The number of aliphatic imine (C=N–C) groups is 1. The fraction of sp³-hybridized carbons (Fsp3) is 0.467. The van der Waals surface area contributed by atoms with Crippen molar-refractivity contribution in [3.8, 4) is 5.75 Å². The van der Waals surface area contributed by atoms with E-state index in [1.165, 1.54) is 11.8 Å². The molecule has 3 rings (SSSR count). The number of benzene rings is 1. The molecule has 1 aromatic carbocycles. The van der Waals surface area contributed by atoms with Crippen LogP contribution in [0.2, 0.25) is 0 Å². The zero-order valence-corrected chi connectivity index (χ0v) is 14.6. The second-order valence-electron chi connectivity index (χ2n) is 5.51. The summed E-state index contributed by atoms with van der Waals surface area (Å²) >= 11 is 1.38. The quantitative estimate of drug-likeness (QED) is 0.822. The molecule has 0 radical (unpaired) electrons. The van der Waals surface area contributed by atoms with E-state index in [0.717, 1.165) is 11.4 Å². The highest BCUT2D eigenvalue weighted by Gasteiger charge is 2.49. The number of carbonyl (C=O) groups excluding carboxylic acids is 1. The molecule has 0 aliphatic carbocycles. The van der Waals surface area contributed by atoms with Crippen LogP contribution >= 0.6 is 11.8 Å². The van der Waals surface area contributed by atoms with Gasteiger partial charge in [-0.2, -0.15) is 4.99 Å². The molecule has 2 aliphatic heterocycles. The molecule has 1 amide bonds. The summed E-state index contributed by atoms with van der Waals surface area (Å²) in [6, 6.07) is 7.17. The van der Waals surface area contributed by atoms with E-state index in [4.69, 9.17) is 4.74 Å². The number of hydrogen-bond acceptors (Lipinski definition) is 5. The Kier molecular flexibility index (Phi) is 4.37. The van der Waals surface area contributed by atoms with Crippen LogP contribution in [0.3, 0.4) is 0 Å². The number of rotatable bonds is 3. The van der Waals surface area contributed by atoms with Crippen LogP contribution in [0.4, 0.5) is 5.69 Å². The second kappa shape index (κ2) is 6.16. The summed E-state index contributed by atoms with van der Waals surface area (Å²) in [7, 11) is -1.45. The molecule has 1 aromatic rings. The first-order valence-electron chi connectivity index (χ1n) is 7.35. The van der Waals surface area contributed by atoms with Crippen LogP contribution in [0, 0.1) is 0 Å². The first-order valence-corrected chi connectivity index (χ1v) is 10.1. The molecule has 0 spiro atoms. The van der Waals surface area contributed by atoms with Crippen LogP contribution in [0.25, 0.3) is 0 Å². The summed E-state index contributed by atoms with van der Waals surface area (Å²) in [6.07, 6.45) is 0.328. The molecule has 0 N–H and O–H groups in total.